The number of carbonyl (C=O) groups is 1. The van der Waals surface area contributed by atoms with E-state index >= 15 is 0 Å². The minimum Gasteiger partial charge on any atom is -0.326 e. The Kier molecular flexibility index (Phi) is 4.97. The summed E-state index contributed by atoms with van der Waals surface area (Å²) in [5.74, 6) is 0.607. The van der Waals surface area contributed by atoms with Crippen molar-refractivity contribution >= 4 is 23.4 Å². The molecule has 0 bridgehead atoms. The number of carbonyl (C=O) groups excluding carboxylic acids is 1. The summed E-state index contributed by atoms with van der Waals surface area (Å²) in [7, 11) is 0. The van der Waals surface area contributed by atoms with Gasteiger partial charge < -0.3 is 5.32 Å². The lowest BCUT2D eigenvalue weighted by molar-refractivity contribution is -0.116. The maximum absolute atomic E-state index is 12.6. The summed E-state index contributed by atoms with van der Waals surface area (Å²) >= 11 is 1.55. The molecule has 3 rings (SSSR count). The van der Waals surface area contributed by atoms with E-state index in [-0.39, 0.29) is 29.3 Å². The molecule has 1 aromatic heterocycles. The van der Waals surface area contributed by atoms with Gasteiger partial charge in [0.1, 0.15) is 0 Å². The summed E-state index contributed by atoms with van der Waals surface area (Å²) in [6, 6.07) is 7.41. The van der Waals surface area contributed by atoms with Crippen molar-refractivity contribution < 1.29 is 4.79 Å². The Bertz CT molecular complexity index is 892. The van der Waals surface area contributed by atoms with Crippen LogP contribution in [0.15, 0.2) is 34.2 Å². The Hall–Kier alpha value is -2.08. The first-order valence-corrected chi connectivity index (χ1v) is 9.77. The zero-order valence-electron chi connectivity index (χ0n) is 15.9. The zero-order valence-corrected chi connectivity index (χ0v) is 16.7. The van der Waals surface area contributed by atoms with E-state index in [1.807, 2.05) is 46.8 Å². The van der Waals surface area contributed by atoms with Gasteiger partial charge in [0, 0.05) is 29.3 Å². The van der Waals surface area contributed by atoms with E-state index in [1.165, 1.54) is 0 Å². The van der Waals surface area contributed by atoms with Crippen LogP contribution >= 0.6 is 11.8 Å². The van der Waals surface area contributed by atoms with Crippen molar-refractivity contribution in [1.82, 2.24) is 9.55 Å². The summed E-state index contributed by atoms with van der Waals surface area (Å²) in [5, 5.41) is 3.67. The molecule has 0 fully saturated rings. The molecule has 5 nitrogen and oxygen atoms in total. The van der Waals surface area contributed by atoms with Gasteiger partial charge in [-0.3, -0.25) is 14.2 Å². The standard InChI is InChI=1S/C20H25N3O2S/c1-12-6-13(2)8-14(7-12)21-17(24)9-15-11-26-19-22-16(20(3,4)5)10-18(25)23(15)19/h6-8,10,15H,9,11H2,1-5H3,(H,21,24). The molecule has 1 aromatic carbocycles. The fourth-order valence-electron chi connectivity index (χ4n) is 3.16. The van der Waals surface area contributed by atoms with Crippen LogP contribution in [0.5, 0.6) is 0 Å². The molecule has 1 unspecified atom stereocenters. The summed E-state index contributed by atoms with van der Waals surface area (Å²) in [5.41, 5.74) is 3.56. The third-order valence-electron chi connectivity index (χ3n) is 4.38. The molecule has 1 atom stereocenters. The second-order valence-corrected chi connectivity index (χ2v) is 8.96. The highest BCUT2D eigenvalue weighted by Crippen LogP contribution is 2.33. The van der Waals surface area contributed by atoms with Crippen LogP contribution in [0.25, 0.3) is 0 Å². The molecule has 0 saturated carbocycles. The fraction of sp³-hybridized carbons (Fsp3) is 0.450. The Morgan fingerprint density at radius 1 is 1.23 bits per heavy atom. The predicted molar refractivity (Wildman–Crippen MR) is 106 cm³/mol. The monoisotopic (exact) mass is 371 g/mol. The Balaban J connectivity index is 1.77. The van der Waals surface area contributed by atoms with E-state index in [9.17, 15) is 9.59 Å². The second kappa shape index (κ2) is 6.91. The number of amides is 1. The molecule has 0 aliphatic carbocycles. The highest BCUT2D eigenvalue weighted by atomic mass is 32.2. The van der Waals surface area contributed by atoms with Gasteiger partial charge in [0.2, 0.25) is 5.91 Å². The molecule has 1 aliphatic heterocycles. The number of anilines is 1. The molecule has 138 valence electrons. The lowest BCUT2D eigenvalue weighted by Gasteiger charge is -2.19. The fourth-order valence-corrected chi connectivity index (χ4v) is 4.31. The average molecular weight is 372 g/mol. The van der Waals surface area contributed by atoms with Crippen LogP contribution < -0.4 is 10.9 Å². The third-order valence-corrected chi connectivity index (χ3v) is 5.48. The normalized spacial score (nSPS) is 16.4. The van der Waals surface area contributed by atoms with Crippen molar-refractivity contribution in [3.8, 4) is 0 Å². The van der Waals surface area contributed by atoms with E-state index in [2.05, 4.69) is 16.4 Å². The van der Waals surface area contributed by atoms with E-state index in [0.717, 1.165) is 22.5 Å². The van der Waals surface area contributed by atoms with E-state index in [0.29, 0.717) is 10.9 Å². The minimum absolute atomic E-state index is 0.0749. The van der Waals surface area contributed by atoms with Crippen molar-refractivity contribution in [1.29, 1.82) is 0 Å². The summed E-state index contributed by atoms with van der Waals surface area (Å²) < 4.78 is 1.67. The number of hydrogen-bond acceptors (Lipinski definition) is 4. The largest absolute Gasteiger partial charge is 0.326 e. The molecule has 1 N–H and O–H groups in total. The van der Waals surface area contributed by atoms with E-state index in [1.54, 1.807) is 22.4 Å². The maximum atomic E-state index is 12.6. The molecule has 0 saturated heterocycles. The maximum Gasteiger partial charge on any atom is 0.254 e. The molecule has 0 radical (unpaired) electrons. The Morgan fingerprint density at radius 3 is 2.50 bits per heavy atom. The first-order chi connectivity index (χ1) is 12.1. The van der Waals surface area contributed by atoms with Crippen molar-refractivity contribution in [3.63, 3.8) is 0 Å². The van der Waals surface area contributed by atoms with Crippen LogP contribution in [0.3, 0.4) is 0 Å². The Labute approximate surface area is 158 Å². The van der Waals surface area contributed by atoms with Gasteiger partial charge >= 0.3 is 0 Å². The lowest BCUT2D eigenvalue weighted by atomic mass is 9.92. The molecule has 6 heteroatoms. The van der Waals surface area contributed by atoms with Gasteiger partial charge in [-0.2, -0.15) is 0 Å². The van der Waals surface area contributed by atoms with Gasteiger partial charge in [-0.15, -0.1) is 0 Å². The zero-order chi connectivity index (χ0) is 19.1. The predicted octanol–water partition coefficient (Wildman–Crippen LogP) is 3.83. The SMILES string of the molecule is Cc1cc(C)cc(NC(=O)CC2CSc3nc(C(C)(C)C)cc(=O)n32)c1. The van der Waals surface area contributed by atoms with Crippen LogP contribution in [0, 0.1) is 13.8 Å². The molecular weight excluding hydrogens is 346 g/mol. The van der Waals surface area contributed by atoms with Crippen molar-refractivity contribution in [2.75, 3.05) is 11.1 Å². The third kappa shape index (κ3) is 4.01. The summed E-state index contributed by atoms with van der Waals surface area (Å²) in [4.78, 5) is 29.7. The van der Waals surface area contributed by atoms with E-state index in [4.69, 9.17) is 0 Å². The second-order valence-electron chi connectivity index (χ2n) is 7.98. The number of thioether (sulfide) groups is 1. The van der Waals surface area contributed by atoms with E-state index < -0.39 is 0 Å². The van der Waals surface area contributed by atoms with Gasteiger partial charge in [0.05, 0.1) is 11.7 Å². The number of fused-ring (bicyclic) bond motifs is 1. The number of nitrogens with one attached hydrogen (secondary N) is 1. The Morgan fingerprint density at radius 2 is 1.88 bits per heavy atom. The first kappa shape index (κ1) is 18.7. The molecule has 1 aliphatic rings. The lowest BCUT2D eigenvalue weighted by Crippen LogP contribution is -2.29. The molecular formula is C20H25N3O2S. The number of nitrogens with zero attached hydrogens (tertiary/aromatic N) is 2. The van der Waals surface area contributed by atoms with Gasteiger partial charge in [-0.05, 0) is 37.1 Å². The van der Waals surface area contributed by atoms with Crippen LogP contribution in [0.4, 0.5) is 5.69 Å². The molecule has 26 heavy (non-hydrogen) atoms. The van der Waals surface area contributed by atoms with Crippen LogP contribution in [-0.4, -0.2) is 21.2 Å². The van der Waals surface area contributed by atoms with Crippen LogP contribution in [-0.2, 0) is 10.2 Å². The highest BCUT2D eigenvalue weighted by molar-refractivity contribution is 7.99. The minimum atomic E-state index is -0.173. The van der Waals surface area contributed by atoms with Gasteiger partial charge in [-0.1, -0.05) is 38.6 Å². The topological polar surface area (TPSA) is 64.0 Å². The average Bonchev–Trinajstić information content (AvgIpc) is 2.88. The molecule has 1 amide bonds. The highest BCUT2D eigenvalue weighted by Gasteiger charge is 2.29. The van der Waals surface area contributed by atoms with Gasteiger partial charge in [0.25, 0.3) is 5.56 Å². The number of benzene rings is 1. The summed E-state index contributed by atoms with van der Waals surface area (Å²) in [6.07, 6.45) is 0.267. The first-order valence-electron chi connectivity index (χ1n) is 8.78. The number of rotatable bonds is 3. The quantitative estimate of drug-likeness (QED) is 0.833. The van der Waals surface area contributed by atoms with Gasteiger partial charge in [0.15, 0.2) is 5.16 Å². The summed E-state index contributed by atoms with van der Waals surface area (Å²) in [6.45, 7) is 10.1. The van der Waals surface area contributed by atoms with Crippen LogP contribution in [0.1, 0.15) is 50.1 Å². The smallest absolute Gasteiger partial charge is 0.254 e. The molecule has 2 heterocycles. The van der Waals surface area contributed by atoms with Crippen molar-refractivity contribution in [2.45, 2.75) is 57.7 Å². The van der Waals surface area contributed by atoms with Crippen molar-refractivity contribution in [3.05, 3.63) is 51.4 Å². The number of aryl methyl sites for hydroxylation is 2. The van der Waals surface area contributed by atoms with Crippen molar-refractivity contribution in [2.24, 2.45) is 0 Å². The van der Waals surface area contributed by atoms with Gasteiger partial charge in [-0.25, -0.2) is 4.98 Å². The van der Waals surface area contributed by atoms with Crippen LogP contribution in [0.2, 0.25) is 0 Å². The molecule has 0 spiro atoms. The number of aromatic nitrogens is 2. The number of hydrogen-bond donors (Lipinski definition) is 1. The molecule has 2 aromatic rings.